The lowest BCUT2D eigenvalue weighted by molar-refractivity contribution is 0.0905. The Kier molecular flexibility index (Phi) is 6.08. The van der Waals surface area contributed by atoms with Crippen molar-refractivity contribution >= 4 is 27.1 Å². The Morgan fingerprint density at radius 2 is 1.81 bits per heavy atom. The highest BCUT2D eigenvalue weighted by Gasteiger charge is 2.29. The SMILES string of the molecule is CCOc1ccc(S(=O)(=O)N2CCN(CC(=O)c3cccs3)CC2)cc1. The summed E-state index contributed by atoms with van der Waals surface area (Å²) in [6.45, 7) is 4.62. The van der Waals surface area contributed by atoms with E-state index in [0.29, 0.717) is 45.1 Å². The van der Waals surface area contributed by atoms with Gasteiger partial charge in [-0.2, -0.15) is 4.31 Å². The largest absolute Gasteiger partial charge is 0.494 e. The highest BCUT2D eigenvalue weighted by atomic mass is 32.2. The van der Waals surface area contributed by atoms with Crippen molar-refractivity contribution in [3.8, 4) is 5.75 Å². The number of piperazine rings is 1. The van der Waals surface area contributed by atoms with Crippen LogP contribution >= 0.6 is 11.3 Å². The second-order valence-corrected chi connectivity index (χ2v) is 8.87. The number of benzene rings is 1. The molecule has 0 radical (unpaired) electrons. The lowest BCUT2D eigenvalue weighted by Gasteiger charge is -2.33. The zero-order valence-corrected chi connectivity index (χ0v) is 16.3. The Morgan fingerprint density at radius 3 is 2.38 bits per heavy atom. The molecule has 0 N–H and O–H groups in total. The van der Waals surface area contributed by atoms with Crippen molar-refractivity contribution in [3.63, 3.8) is 0 Å². The molecule has 140 valence electrons. The lowest BCUT2D eigenvalue weighted by Crippen LogP contribution is -2.49. The monoisotopic (exact) mass is 394 g/mol. The van der Waals surface area contributed by atoms with Crippen molar-refractivity contribution < 1.29 is 17.9 Å². The molecule has 1 saturated heterocycles. The zero-order valence-electron chi connectivity index (χ0n) is 14.6. The molecule has 0 spiro atoms. The van der Waals surface area contributed by atoms with Gasteiger partial charge in [-0.05, 0) is 42.6 Å². The highest BCUT2D eigenvalue weighted by molar-refractivity contribution is 7.89. The predicted molar refractivity (Wildman–Crippen MR) is 101 cm³/mol. The first-order valence-corrected chi connectivity index (χ1v) is 10.8. The number of carbonyl (C=O) groups excluding carboxylic acids is 1. The molecule has 0 aliphatic carbocycles. The average Bonchev–Trinajstić information content (AvgIpc) is 3.18. The molecular weight excluding hydrogens is 372 g/mol. The van der Waals surface area contributed by atoms with Crippen molar-refractivity contribution in [1.29, 1.82) is 0 Å². The van der Waals surface area contributed by atoms with Crippen LogP contribution in [0, 0.1) is 0 Å². The average molecular weight is 395 g/mol. The third-order valence-corrected chi connectivity index (χ3v) is 7.09. The zero-order chi connectivity index (χ0) is 18.6. The molecule has 0 atom stereocenters. The molecule has 2 aromatic rings. The number of ketones is 1. The Hall–Kier alpha value is -1.74. The first kappa shape index (κ1) is 19.0. The number of rotatable bonds is 7. The first-order chi connectivity index (χ1) is 12.5. The molecular formula is C18H22N2O4S2. The summed E-state index contributed by atoms with van der Waals surface area (Å²) in [5.41, 5.74) is 0. The van der Waals surface area contributed by atoms with Crippen molar-refractivity contribution in [2.45, 2.75) is 11.8 Å². The quantitative estimate of drug-likeness (QED) is 0.675. The maximum atomic E-state index is 12.8. The molecule has 8 heteroatoms. The molecule has 1 aliphatic rings. The maximum Gasteiger partial charge on any atom is 0.243 e. The molecule has 0 bridgehead atoms. The van der Waals surface area contributed by atoms with E-state index in [0.717, 1.165) is 4.88 Å². The van der Waals surface area contributed by atoms with Crippen LogP contribution in [-0.2, 0) is 10.0 Å². The number of thiophene rings is 1. The molecule has 0 amide bonds. The Balaban J connectivity index is 1.58. The lowest BCUT2D eigenvalue weighted by atomic mass is 10.2. The fourth-order valence-electron chi connectivity index (χ4n) is 2.87. The summed E-state index contributed by atoms with van der Waals surface area (Å²) in [6, 6.07) is 10.2. The van der Waals surface area contributed by atoms with E-state index < -0.39 is 10.0 Å². The van der Waals surface area contributed by atoms with Crippen molar-refractivity contribution in [2.24, 2.45) is 0 Å². The number of carbonyl (C=O) groups is 1. The summed E-state index contributed by atoms with van der Waals surface area (Å²) >= 11 is 1.43. The van der Waals surface area contributed by atoms with Crippen LogP contribution in [0.3, 0.4) is 0 Å². The van der Waals surface area contributed by atoms with Crippen LogP contribution < -0.4 is 4.74 Å². The van der Waals surface area contributed by atoms with E-state index in [1.807, 2.05) is 29.3 Å². The number of sulfonamides is 1. The van der Waals surface area contributed by atoms with Crippen LogP contribution in [-0.4, -0.2) is 62.7 Å². The summed E-state index contributed by atoms with van der Waals surface area (Å²) in [6.07, 6.45) is 0. The molecule has 26 heavy (non-hydrogen) atoms. The van der Waals surface area contributed by atoms with E-state index in [4.69, 9.17) is 4.74 Å². The van der Waals surface area contributed by atoms with Crippen LogP contribution in [0.1, 0.15) is 16.6 Å². The predicted octanol–water partition coefficient (Wildman–Crippen LogP) is 2.34. The van der Waals surface area contributed by atoms with Gasteiger partial charge in [-0.1, -0.05) is 6.07 Å². The number of Topliss-reactive ketones (excluding diaryl/α,β-unsaturated/α-hetero) is 1. The standard InChI is InChI=1S/C18H22N2O4S2/c1-2-24-15-5-7-16(8-6-15)26(22,23)20-11-9-19(10-12-20)14-17(21)18-4-3-13-25-18/h3-8,13H,2,9-12,14H2,1H3. The molecule has 1 aromatic carbocycles. The van der Waals surface area contributed by atoms with Gasteiger partial charge in [-0.3, -0.25) is 9.69 Å². The molecule has 1 aromatic heterocycles. The minimum absolute atomic E-state index is 0.0859. The van der Waals surface area contributed by atoms with Crippen molar-refractivity contribution in [3.05, 3.63) is 46.7 Å². The van der Waals surface area contributed by atoms with E-state index in [1.54, 1.807) is 24.3 Å². The topological polar surface area (TPSA) is 66.9 Å². The number of nitrogens with zero attached hydrogens (tertiary/aromatic N) is 2. The van der Waals surface area contributed by atoms with E-state index >= 15 is 0 Å². The van der Waals surface area contributed by atoms with Gasteiger partial charge in [0.15, 0.2) is 5.78 Å². The number of hydrogen-bond donors (Lipinski definition) is 0. The van der Waals surface area contributed by atoms with E-state index in [9.17, 15) is 13.2 Å². The minimum atomic E-state index is -3.52. The van der Waals surface area contributed by atoms with E-state index in [-0.39, 0.29) is 10.7 Å². The van der Waals surface area contributed by atoms with Crippen molar-refractivity contribution in [2.75, 3.05) is 39.3 Å². The first-order valence-electron chi connectivity index (χ1n) is 8.53. The van der Waals surface area contributed by atoms with Gasteiger partial charge in [-0.25, -0.2) is 8.42 Å². The third-order valence-electron chi connectivity index (χ3n) is 4.27. The van der Waals surface area contributed by atoms with Gasteiger partial charge in [0, 0.05) is 26.2 Å². The molecule has 1 aliphatic heterocycles. The fraction of sp³-hybridized carbons (Fsp3) is 0.389. The van der Waals surface area contributed by atoms with E-state index in [2.05, 4.69) is 0 Å². The second-order valence-electron chi connectivity index (χ2n) is 5.99. The summed E-state index contributed by atoms with van der Waals surface area (Å²) in [4.78, 5) is 15.2. The normalized spacial score (nSPS) is 16.5. The summed E-state index contributed by atoms with van der Waals surface area (Å²) in [5.74, 6) is 0.742. The van der Waals surface area contributed by atoms with Crippen LogP contribution in [0.15, 0.2) is 46.7 Å². The summed E-state index contributed by atoms with van der Waals surface area (Å²) < 4.78 is 32.4. The highest BCUT2D eigenvalue weighted by Crippen LogP contribution is 2.21. The van der Waals surface area contributed by atoms with Gasteiger partial charge in [0.05, 0.1) is 22.9 Å². The van der Waals surface area contributed by atoms with E-state index in [1.165, 1.54) is 15.6 Å². The Morgan fingerprint density at radius 1 is 1.12 bits per heavy atom. The maximum absolute atomic E-state index is 12.8. The third kappa shape index (κ3) is 4.32. The van der Waals surface area contributed by atoms with Crippen LogP contribution in [0.2, 0.25) is 0 Å². The van der Waals surface area contributed by atoms with Gasteiger partial charge < -0.3 is 4.74 Å². The number of ether oxygens (including phenoxy) is 1. The fourth-order valence-corrected chi connectivity index (χ4v) is 4.95. The van der Waals surface area contributed by atoms with Crippen LogP contribution in [0.5, 0.6) is 5.75 Å². The number of hydrogen-bond acceptors (Lipinski definition) is 6. The van der Waals surface area contributed by atoms with Gasteiger partial charge in [0.2, 0.25) is 10.0 Å². The second kappa shape index (κ2) is 8.30. The molecule has 0 unspecified atom stereocenters. The van der Waals surface area contributed by atoms with Crippen LogP contribution in [0.25, 0.3) is 0 Å². The van der Waals surface area contributed by atoms with Gasteiger partial charge in [-0.15, -0.1) is 11.3 Å². The summed E-state index contributed by atoms with van der Waals surface area (Å²) in [7, 11) is -3.52. The van der Waals surface area contributed by atoms with Gasteiger partial charge in [0.1, 0.15) is 5.75 Å². The van der Waals surface area contributed by atoms with Crippen molar-refractivity contribution in [1.82, 2.24) is 9.21 Å². The minimum Gasteiger partial charge on any atom is -0.494 e. The summed E-state index contributed by atoms with van der Waals surface area (Å²) in [5, 5.41) is 1.88. The van der Waals surface area contributed by atoms with Crippen LogP contribution in [0.4, 0.5) is 0 Å². The Labute approximate surface area is 158 Å². The smallest absolute Gasteiger partial charge is 0.243 e. The molecule has 1 fully saturated rings. The molecule has 6 nitrogen and oxygen atoms in total. The molecule has 3 rings (SSSR count). The molecule has 0 saturated carbocycles. The molecule has 2 heterocycles. The Bertz CT molecular complexity index is 825. The van der Waals surface area contributed by atoms with Gasteiger partial charge >= 0.3 is 0 Å². The van der Waals surface area contributed by atoms with Gasteiger partial charge in [0.25, 0.3) is 0 Å².